The number of nitrogens with one attached hydrogen (secondary N) is 1. The lowest BCUT2D eigenvalue weighted by molar-refractivity contribution is 0.196. The van der Waals surface area contributed by atoms with Crippen LogP contribution in [0.5, 0.6) is 0 Å². The van der Waals surface area contributed by atoms with Crippen LogP contribution in [0.1, 0.15) is 45.7 Å². The molecule has 0 fully saturated rings. The van der Waals surface area contributed by atoms with Crippen molar-refractivity contribution in [3.8, 4) is 0 Å². The molecule has 0 amide bonds. The maximum absolute atomic E-state index is 3.49. The zero-order valence-electron chi connectivity index (χ0n) is 13.9. The molecule has 0 aliphatic carbocycles. The van der Waals surface area contributed by atoms with Gasteiger partial charge in [-0.25, -0.2) is 0 Å². The molecule has 0 saturated heterocycles. The van der Waals surface area contributed by atoms with Crippen LogP contribution in [0, 0.1) is 11.8 Å². The minimum absolute atomic E-state index is 0.433. The second-order valence-corrected chi connectivity index (χ2v) is 6.02. The molecule has 1 aromatic carbocycles. The number of hydrogen-bond acceptors (Lipinski definition) is 2. The van der Waals surface area contributed by atoms with Gasteiger partial charge in [-0.15, -0.1) is 0 Å². The zero-order valence-corrected chi connectivity index (χ0v) is 13.9. The topological polar surface area (TPSA) is 15.3 Å². The lowest BCUT2D eigenvalue weighted by Crippen LogP contribution is -2.37. The molecule has 1 rings (SSSR count). The second-order valence-electron chi connectivity index (χ2n) is 6.02. The lowest BCUT2D eigenvalue weighted by Gasteiger charge is -2.31. The molecule has 2 heteroatoms. The summed E-state index contributed by atoms with van der Waals surface area (Å²) in [4.78, 5) is 2.59. The van der Waals surface area contributed by atoms with Crippen LogP contribution < -0.4 is 5.32 Å². The van der Waals surface area contributed by atoms with Gasteiger partial charge in [0, 0.05) is 19.1 Å². The predicted octanol–water partition coefficient (Wildman–Crippen LogP) is 3.95. The zero-order chi connectivity index (χ0) is 15.0. The monoisotopic (exact) mass is 276 g/mol. The molecule has 1 aromatic rings. The van der Waals surface area contributed by atoms with Crippen LogP contribution in [0.2, 0.25) is 0 Å². The molecular weight excluding hydrogens is 244 g/mol. The molecule has 0 aliphatic rings. The number of hydrogen-bond donors (Lipinski definition) is 1. The van der Waals surface area contributed by atoms with Crippen molar-refractivity contribution in [3.05, 3.63) is 35.9 Å². The Balaban J connectivity index is 2.64. The van der Waals surface area contributed by atoms with Gasteiger partial charge >= 0.3 is 0 Å². The smallest absolute Gasteiger partial charge is 0.0355 e. The summed E-state index contributed by atoms with van der Waals surface area (Å²) in [6.45, 7) is 12.8. The van der Waals surface area contributed by atoms with E-state index >= 15 is 0 Å². The molecule has 3 unspecified atom stereocenters. The van der Waals surface area contributed by atoms with Gasteiger partial charge in [0.2, 0.25) is 0 Å². The van der Waals surface area contributed by atoms with Gasteiger partial charge < -0.3 is 10.2 Å². The molecule has 3 atom stereocenters. The van der Waals surface area contributed by atoms with Gasteiger partial charge in [0.25, 0.3) is 0 Å². The van der Waals surface area contributed by atoms with Gasteiger partial charge in [-0.2, -0.15) is 0 Å². The summed E-state index contributed by atoms with van der Waals surface area (Å²) in [5.74, 6) is 1.39. The van der Waals surface area contributed by atoms with Crippen molar-refractivity contribution in [2.75, 3.05) is 26.7 Å². The van der Waals surface area contributed by atoms with E-state index in [1.54, 1.807) is 0 Å². The van der Waals surface area contributed by atoms with Gasteiger partial charge in [-0.1, -0.05) is 64.4 Å². The number of benzene rings is 1. The van der Waals surface area contributed by atoms with Crippen molar-refractivity contribution in [2.24, 2.45) is 11.8 Å². The fourth-order valence-corrected chi connectivity index (χ4v) is 2.86. The Morgan fingerprint density at radius 1 is 1.05 bits per heavy atom. The summed E-state index contributed by atoms with van der Waals surface area (Å²) in [6.07, 6.45) is 1.26. The predicted molar refractivity (Wildman–Crippen MR) is 89.0 cm³/mol. The van der Waals surface area contributed by atoms with Crippen LogP contribution in [-0.2, 0) is 0 Å². The lowest BCUT2D eigenvalue weighted by atomic mass is 9.93. The van der Waals surface area contributed by atoms with Crippen LogP contribution in [0.25, 0.3) is 0 Å². The third-order valence-electron chi connectivity index (χ3n) is 4.30. The molecule has 114 valence electrons. The Bertz CT molecular complexity index is 350. The molecule has 0 aliphatic heterocycles. The number of rotatable bonds is 9. The van der Waals surface area contributed by atoms with E-state index in [0.29, 0.717) is 12.0 Å². The maximum atomic E-state index is 3.49. The van der Waals surface area contributed by atoms with Gasteiger partial charge in [0.05, 0.1) is 0 Å². The SMILES string of the molecule is CCC(C)CN(CC)CC(C)C(NC)c1ccccc1. The van der Waals surface area contributed by atoms with E-state index in [9.17, 15) is 0 Å². The van der Waals surface area contributed by atoms with E-state index in [2.05, 4.69) is 75.3 Å². The molecule has 0 aromatic heterocycles. The summed E-state index contributed by atoms with van der Waals surface area (Å²) in [5.41, 5.74) is 1.39. The summed E-state index contributed by atoms with van der Waals surface area (Å²) in [7, 11) is 2.07. The molecule has 0 heterocycles. The Morgan fingerprint density at radius 2 is 1.70 bits per heavy atom. The van der Waals surface area contributed by atoms with Crippen LogP contribution in [0.4, 0.5) is 0 Å². The summed E-state index contributed by atoms with van der Waals surface area (Å²) >= 11 is 0. The highest BCUT2D eigenvalue weighted by Crippen LogP contribution is 2.22. The highest BCUT2D eigenvalue weighted by Gasteiger charge is 2.20. The van der Waals surface area contributed by atoms with E-state index in [-0.39, 0.29) is 0 Å². The standard InChI is InChI=1S/C18H32N2/c1-6-15(3)13-20(7-2)14-16(4)18(19-5)17-11-9-8-10-12-17/h8-12,15-16,18-19H,6-7,13-14H2,1-5H3. The van der Waals surface area contributed by atoms with Crippen LogP contribution in [-0.4, -0.2) is 31.6 Å². The summed E-state index contributed by atoms with van der Waals surface area (Å²) < 4.78 is 0. The minimum Gasteiger partial charge on any atom is -0.313 e. The third-order valence-corrected chi connectivity index (χ3v) is 4.30. The van der Waals surface area contributed by atoms with E-state index in [1.165, 1.54) is 18.5 Å². The van der Waals surface area contributed by atoms with Crippen molar-refractivity contribution in [1.82, 2.24) is 10.2 Å². The molecule has 0 bridgehead atoms. The third kappa shape index (κ3) is 5.26. The Hall–Kier alpha value is -0.860. The first-order valence-electron chi connectivity index (χ1n) is 8.06. The highest BCUT2D eigenvalue weighted by molar-refractivity contribution is 5.19. The average Bonchev–Trinajstić information content (AvgIpc) is 2.48. The first-order chi connectivity index (χ1) is 9.62. The van der Waals surface area contributed by atoms with Gasteiger partial charge in [0.15, 0.2) is 0 Å². The van der Waals surface area contributed by atoms with Gasteiger partial charge in [0.1, 0.15) is 0 Å². The first kappa shape index (κ1) is 17.2. The maximum Gasteiger partial charge on any atom is 0.0355 e. The highest BCUT2D eigenvalue weighted by atomic mass is 15.1. The average molecular weight is 276 g/mol. The van der Waals surface area contributed by atoms with E-state index in [4.69, 9.17) is 0 Å². The quantitative estimate of drug-likeness (QED) is 0.734. The van der Waals surface area contributed by atoms with Crippen molar-refractivity contribution in [2.45, 2.75) is 40.2 Å². The number of nitrogens with zero attached hydrogens (tertiary/aromatic N) is 1. The van der Waals surface area contributed by atoms with Gasteiger partial charge in [-0.05, 0) is 31.0 Å². The van der Waals surface area contributed by atoms with Crippen molar-refractivity contribution < 1.29 is 0 Å². The fraction of sp³-hybridized carbons (Fsp3) is 0.667. The van der Waals surface area contributed by atoms with Gasteiger partial charge in [-0.3, -0.25) is 0 Å². The molecule has 0 saturated carbocycles. The van der Waals surface area contributed by atoms with Crippen molar-refractivity contribution >= 4 is 0 Å². The van der Waals surface area contributed by atoms with Crippen molar-refractivity contribution in [1.29, 1.82) is 0 Å². The van der Waals surface area contributed by atoms with Crippen LogP contribution >= 0.6 is 0 Å². The first-order valence-corrected chi connectivity index (χ1v) is 8.06. The Labute approximate surface area is 125 Å². The van der Waals surface area contributed by atoms with E-state index in [1.807, 2.05) is 0 Å². The minimum atomic E-state index is 0.433. The second kappa shape index (κ2) is 9.15. The largest absolute Gasteiger partial charge is 0.313 e. The van der Waals surface area contributed by atoms with Crippen LogP contribution in [0.3, 0.4) is 0 Å². The van der Waals surface area contributed by atoms with Crippen LogP contribution in [0.15, 0.2) is 30.3 Å². The Morgan fingerprint density at radius 3 is 2.20 bits per heavy atom. The van der Waals surface area contributed by atoms with E-state index in [0.717, 1.165) is 19.0 Å². The van der Waals surface area contributed by atoms with Crippen molar-refractivity contribution in [3.63, 3.8) is 0 Å². The van der Waals surface area contributed by atoms with E-state index < -0.39 is 0 Å². The summed E-state index contributed by atoms with van der Waals surface area (Å²) in [5, 5.41) is 3.49. The fourth-order valence-electron chi connectivity index (χ4n) is 2.86. The molecule has 2 nitrogen and oxygen atoms in total. The Kier molecular flexibility index (Phi) is 7.86. The molecule has 0 spiro atoms. The molecule has 20 heavy (non-hydrogen) atoms. The molecule has 0 radical (unpaired) electrons. The molecule has 1 N–H and O–H groups in total. The summed E-state index contributed by atoms with van der Waals surface area (Å²) in [6, 6.07) is 11.2. The molecular formula is C18H32N2. The normalized spacial score (nSPS) is 16.1.